The molecule has 110 valence electrons. The Kier molecular flexibility index (Phi) is 4.90. The number of rotatable bonds is 4. The molecule has 0 radical (unpaired) electrons. The number of carbonyl (C=O) groups excluding carboxylic acids is 1. The van der Waals surface area contributed by atoms with Crippen molar-refractivity contribution >= 4 is 25.4 Å². The second kappa shape index (κ2) is 6.30. The summed E-state index contributed by atoms with van der Waals surface area (Å²) in [6.45, 7) is 6.12. The van der Waals surface area contributed by atoms with Gasteiger partial charge in [0, 0.05) is 0 Å². The van der Waals surface area contributed by atoms with E-state index in [4.69, 9.17) is 9.47 Å². The van der Waals surface area contributed by atoms with Crippen molar-refractivity contribution < 1.29 is 14.3 Å². The van der Waals surface area contributed by atoms with Crippen molar-refractivity contribution in [3.8, 4) is 0 Å². The fourth-order valence-electron chi connectivity index (χ4n) is 2.80. The molecule has 4 heteroatoms. The Morgan fingerprint density at radius 1 is 1.35 bits per heavy atom. The van der Waals surface area contributed by atoms with E-state index in [-0.39, 0.29) is 37.8 Å². The molecule has 1 aromatic rings. The molecule has 3 nitrogen and oxygen atoms in total. The average molecular weight is 341 g/mol. The molecular weight excluding hydrogens is 319 g/mol. The van der Waals surface area contributed by atoms with Crippen LogP contribution in [0.4, 0.5) is 0 Å². The molecule has 1 heterocycles. The molecule has 20 heavy (non-hydrogen) atoms. The Labute approximate surface area is 127 Å². The van der Waals surface area contributed by atoms with E-state index in [2.05, 4.69) is 19.1 Å². The van der Waals surface area contributed by atoms with Crippen LogP contribution in [-0.2, 0) is 14.3 Å². The van der Waals surface area contributed by atoms with E-state index in [0.29, 0.717) is 0 Å². The molecule has 1 fully saturated rings. The number of hydrogen-bond acceptors (Lipinski definition) is 3. The molecule has 0 aromatic heterocycles. The van der Waals surface area contributed by atoms with Crippen molar-refractivity contribution in [3.05, 3.63) is 30.3 Å². The number of ether oxygens (including phenoxy) is 2. The average Bonchev–Trinajstić information content (AvgIpc) is 2.69. The van der Waals surface area contributed by atoms with Gasteiger partial charge in [0.05, 0.1) is 0 Å². The van der Waals surface area contributed by atoms with Gasteiger partial charge in [-0.15, -0.1) is 0 Å². The zero-order valence-corrected chi connectivity index (χ0v) is 14.2. The van der Waals surface area contributed by atoms with Gasteiger partial charge in [0.1, 0.15) is 0 Å². The van der Waals surface area contributed by atoms with Gasteiger partial charge in [0.2, 0.25) is 0 Å². The molecule has 0 aliphatic carbocycles. The van der Waals surface area contributed by atoms with Gasteiger partial charge >= 0.3 is 127 Å². The fraction of sp³-hybridized carbons (Fsp3) is 0.562. The van der Waals surface area contributed by atoms with Gasteiger partial charge in [0.15, 0.2) is 0 Å². The van der Waals surface area contributed by atoms with Gasteiger partial charge < -0.3 is 0 Å². The summed E-state index contributed by atoms with van der Waals surface area (Å²) < 4.78 is 12.5. The predicted octanol–water partition coefficient (Wildman–Crippen LogP) is 2.18. The van der Waals surface area contributed by atoms with Crippen LogP contribution in [0.5, 0.6) is 0 Å². The van der Waals surface area contributed by atoms with Crippen molar-refractivity contribution in [2.24, 2.45) is 5.92 Å². The zero-order valence-electron chi connectivity index (χ0n) is 12.5. The molecule has 0 spiro atoms. The molecule has 1 aromatic carbocycles. The summed E-state index contributed by atoms with van der Waals surface area (Å²) in [4.78, 5) is 12.4. The number of carbonyl (C=O) groups is 1. The molecule has 0 amide bonds. The standard InChI is InChI=1S/C16H22O3Se/c1-5-12-14(20-11-9-7-6-8-10-11)13(15(17)18-4)16(2,3)19-12/h6-10,12-14H,5H2,1-4H3/t12-,13-,14-/m0/s1. The fourth-order valence-corrected chi connectivity index (χ4v) is 6.17. The van der Waals surface area contributed by atoms with E-state index in [1.54, 1.807) is 0 Å². The maximum absolute atomic E-state index is 12.2. The molecule has 0 bridgehead atoms. The third-order valence-corrected chi connectivity index (χ3v) is 6.69. The Morgan fingerprint density at radius 2 is 2.00 bits per heavy atom. The topological polar surface area (TPSA) is 35.5 Å². The Morgan fingerprint density at radius 3 is 2.55 bits per heavy atom. The van der Waals surface area contributed by atoms with Crippen molar-refractivity contribution in [3.63, 3.8) is 0 Å². The Balaban J connectivity index is 2.27. The van der Waals surface area contributed by atoms with Crippen molar-refractivity contribution in [1.82, 2.24) is 0 Å². The van der Waals surface area contributed by atoms with Gasteiger partial charge in [-0.1, -0.05) is 0 Å². The monoisotopic (exact) mass is 342 g/mol. The van der Waals surface area contributed by atoms with Crippen molar-refractivity contribution in [1.29, 1.82) is 0 Å². The molecular formula is C16H22O3Se. The summed E-state index contributed by atoms with van der Waals surface area (Å²) in [5.74, 6) is -0.327. The number of hydrogen-bond donors (Lipinski definition) is 0. The molecule has 2 rings (SSSR count). The second-order valence-electron chi connectivity index (χ2n) is 5.56. The third-order valence-electron chi connectivity index (χ3n) is 3.77. The van der Waals surface area contributed by atoms with E-state index >= 15 is 0 Å². The second-order valence-corrected chi connectivity index (χ2v) is 8.19. The Hall–Kier alpha value is -0.831. The minimum atomic E-state index is -0.449. The van der Waals surface area contributed by atoms with Gasteiger partial charge in [-0.3, -0.25) is 0 Å². The SMILES string of the molecule is CC[C@@H]1OC(C)(C)[C@H](C(=O)OC)[C@H]1[Se]c1ccccc1. The van der Waals surface area contributed by atoms with Gasteiger partial charge in [0.25, 0.3) is 0 Å². The van der Waals surface area contributed by atoms with Crippen LogP contribution in [0, 0.1) is 5.92 Å². The van der Waals surface area contributed by atoms with Crippen molar-refractivity contribution in [2.75, 3.05) is 7.11 Å². The summed E-state index contributed by atoms with van der Waals surface area (Å²) in [7, 11) is 1.46. The van der Waals surface area contributed by atoms with Crippen LogP contribution in [0.3, 0.4) is 0 Å². The summed E-state index contributed by atoms with van der Waals surface area (Å²) >= 11 is 0.203. The number of benzene rings is 1. The molecule has 0 N–H and O–H groups in total. The van der Waals surface area contributed by atoms with Crippen LogP contribution in [-0.4, -0.2) is 39.7 Å². The van der Waals surface area contributed by atoms with E-state index in [1.165, 1.54) is 11.6 Å². The van der Waals surface area contributed by atoms with Crippen LogP contribution in [0.1, 0.15) is 27.2 Å². The molecule has 1 saturated heterocycles. The Bertz CT molecular complexity index is 458. The van der Waals surface area contributed by atoms with E-state index in [1.807, 2.05) is 32.0 Å². The minimum absolute atomic E-state index is 0.134. The molecule has 1 aliphatic rings. The first kappa shape index (κ1) is 15.6. The van der Waals surface area contributed by atoms with Crippen LogP contribution in [0.25, 0.3) is 0 Å². The summed E-state index contributed by atoms with van der Waals surface area (Å²) in [6, 6.07) is 10.4. The third kappa shape index (κ3) is 3.08. The molecule has 0 unspecified atom stereocenters. The molecule has 0 saturated carbocycles. The first-order valence-electron chi connectivity index (χ1n) is 6.97. The normalized spacial score (nSPS) is 28.3. The summed E-state index contributed by atoms with van der Waals surface area (Å²) in [5.41, 5.74) is -0.449. The first-order valence-corrected chi connectivity index (χ1v) is 8.81. The van der Waals surface area contributed by atoms with Gasteiger partial charge in [-0.05, 0) is 0 Å². The quantitative estimate of drug-likeness (QED) is 0.622. The van der Waals surface area contributed by atoms with Crippen molar-refractivity contribution in [2.45, 2.75) is 43.7 Å². The number of methoxy groups -OCH3 is 1. The van der Waals surface area contributed by atoms with Crippen LogP contribution < -0.4 is 4.46 Å². The summed E-state index contributed by atoms with van der Waals surface area (Å²) in [5, 5.41) is 0. The van der Waals surface area contributed by atoms with E-state index in [0.717, 1.165) is 6.42 Å². The van der Waals surface area contributed by atoms with E-state index < -0.39 is 5.60 Å². The molecule has 3 atom stereocenters. The zero-order chi connectivity index (χ0) is 14.8. The van der Waals surface area contributed by atoms with Crippen LogP contribution in [0.2, 0.25) is 4.82 Å². The van der Waals surface area contributed by atoms with Crippen LogP contribution in [0.15, 0.2) is 30.3 Å². The first-order chi connectivity index (χ1) is 9.49. The predicted molar refractivity (Wildman–Crippen MR) is 80.3 cm³/mol. The summed E-state index contributed by atoms with van der Waals surface area (Å²) in [6.07, 6.45) is 1.06. The van der Waals surface area contributed by atoms with Gasteiger partial charge in [-0.25, -0.2) is 0 Å². The van der Waals surface area contributed by atoms with E-state index in [9.17, 15) is 4.79 Å². The maximum atomic E-state index is 12.2. The number of esters is 1. The van der Waals surface area contributed by atoms with Gasteiger partial charge in [-0.2, -0.15) is 0 Å². The molecule has 1 aliphatic heterocycles. The van der Waals surface area contributed by atoms with Crippen LogP contribution >= 0.6 is 0 Å².